The van der Waals surface area contributed by atoms with E-state index in [2.05, 4.69) is 15.2 Å². The summed E-state index contributed by atoms with van der Waals surface area (Å²) in [5, 5.41) is 3.09. The number of hydrogen-bond donors (Lipinski definition) is 1. The van der Waals surface area contributed by atoms with Gasteiger partial charge in [-0.05, 0) is 42.8 Å². The Morgan fingerprint density at radius 2 is 2.06 bits per heavy atom. The van der Waals surface area contributed by atoms with Crippen molar-refractivity contribution in [1.82, 2.24) is 9.97 Å². The third-order valence-electron chi connectivity index (χ3n) is 5.06. The van der Waals surface area contributed by atoms with Gasteiger partial charge in [0.1, 0.15) is 17.4 Å². The number of aromatic nitrogens is 2. The highest BCUT2D eigenvalue weighted by Gasteiger charge is 2.19. The van der Waals surface area contributed by atoms with Crippen LogP contribution in [0.5, 0.6) is 5.75 Å². The summed E-state index contributed by atoms with van der Waals surface area (Å²) in [4.78, 5) is 23.0. The normalized spacial score (nSPS) is 13.4. The fourth-order valence-electron chi connectivity index (χ4n) is 3.45. The van der Waals surface area contributed by atoms with E-state index in [1.165, 1.54) is 12.1 Å². The van der Waals surface area contributed by atoms with Gasteiger partial charge in [0.25, 0.3) is 0 Å². The highest BCUT2D eigenvalue weighted by Crippen LogP contribution is 2.33. The molecule has 2 aromatic carbocycles. The summed E-state index contributed by atoms with van der Waals surface area (Å²) >= 11 is 5.90. The molecule has 0 bridgehead atoms. The van der Waals surface area contributed by atoms with Gasteiger partial charge in [-0.1, -0.05) is 23.7 Å². The zero-order valence-electron chi connectivity index (χ0n) is 18.6. The van der Waals surface area contributed by atoms with E-state index in [4.69, 9.17) is 30.8 Å². The van der Waals surface area contributed by atoms with Crippen molar-refractivity contribution in [2.75, 3.05) is 49.7 Å². The summed E-state index contributed by atoms with van der Waals surface area (Å²) < 4.78 is 29.5. The third-order valence-corrected chi connectivity index (χ3v) is 5.35. The van der Waals surface area contributed by atoms with Crippen LogP contribution in [0.1, 0.15) is 6.92 Å². The number of hydrogen-bond acceptors (Lipinski definition) is 8. The van der Waals surface area contributed by atoms with Gasteiger partial charge in [-0.25, -0.2) is 14.2 Å². The molecule has 0 spiro atoms. The molecule has 1 aliphatic heterocycles. The molecule has 1 aromatic heterocycles. The SMILES string of the molecule is CCOC(=O)COc1cccc(-c2cnc(Nc3ccc(F)c(Cl)c3)nc2N2CCOCC2)c1. The van der Waals surface area contributed by atoms with Crippen LogP contribution < -0.4 is 15.0 Å². The molecule has 1 N–H and O–H groups in total. The molecule has 8 nitrogen and oxygen atoms in total. The molecule has 4 rings (SSSR count). The number of anilines is 3. The van der Waals surface area contributed by atoms with Crippen molar-refractivity contribution in [3.63, 3.8) is 0 Å². The second-order valence-electron chi connectivity index (χ2n) is 7.41. The van der Waals surface area contributed by atoms with Crippen molar-refractivity contribution < 1.29 is 23.4 Å². The molecule has 0 saturated carbocycles. The molecule has 0 atom stereocenters. The monoisotopic (exact) mass is 486 g/mol. The van der Waals surface area contributed by atoms with Crippen LogP contribution in [0.15, 0.2) is 48.7 Å². The lowest BCUT2D eigenvalue weighted by Crippen LogP contribution is -2.37. The Morgan fingerprint density at radius 1 is 1.24 bits per heavy atom. The van der Waals surface area contributed by atoms with Gasteiger partial charge in [0.2, 0.25) is 5.95 Å². The molecule has 2 heterocycles. The van der Waals surface area contributed by atoms with Crippen LogP contribution in [0, 0.1) is 5.82 Å². The number of ether oxygens (including phenoxy) is 3. The van der Waals surface area contributed by atoms with E-state index in [-0.39, 0.29) is 11.6 Å². The van der Waals surface area contributed by atoms with E-state index in [1.807, 2.05) is 18.2 Å². The van der Waals surface area contributed by atoms with E-state index >= 15 is 0 Å². The van der Waals surface area contributed by atoms with Gasteiger partial charge in [0.15, 0.2) is 6.61 Å². The predicted molar refractivity (Wildman–Crippen MR) is 127 cm³/mol. The van der Waals surface area contributed by atoms with E-state index in [0.717, 1.165) is 16.9 Å². The average molecular weight is 487 g/mol. The number of nitrogens with one attached hydrogen (secondary N) is 1. The van der Waals surface area contributed by atoms with Gasteiger partial charge in [-0.15, -0.1) is 0 Å². The Morgan fingerprint density at radius 3 is 2.82 bits per heavy atom. The lowest BCUT2D eigenvalue weighted by molar-refractivity contribution is -0.145. The molecule has 10 heteroatoms. The van der Waals surface area contributed by atoms with Crippen molar-refractivity contribution in [3.8, 4) is 16.9 Å². The molecule has 1 aliphatic rings. The summed E-state index contributed by atoms with van der Waals surface area (Å²) in [6.07, 6.45) is 1.72. The molecule has 0 radical (unpaired) electrons. The second kappa shape index (κ2) is 11.1. The minimum atomic E-state index is -0.498. The highest BCUT2D eigenvalue weighted by atomic mass is 35.5. The fourth-order valence-corrected chi connectivity index (χ4v) is 3.63. The van der Waals surface area contributed by atoms with Gasteiger partial charge in [-0.2, -0.15) is 4.98 Å². The molecular weight excluding hydrogens is 463 g/mol. The number of nitrogens with zero attached hydrogens (tertiary/aromatic N) is 3. The van der Waals surface area contributed by atoms with Crippen LogP contribution in [-0.2, 0) is 14.3 Å². The fraction of sp³-hybridized carbons (Fsp3) is 0.292. The van der Waals surface area contributed by atoms with Gasteiger partial charge in [0, 0.05) is 30.5 Å². The summed E-state index contributed by atoms with van der Waals surface area (Å²) in [7, 11) is 0. The van der Waals surface area contributed by atoms with E-state index in [1.54, 1.807) is 25.3 Å². The first-order valence-electron chi connectivity index (χ1n) is 10.8. The highest BCUT2D eigenvalue weighted by molar-refractivity contribution is 6.31. The lowest BCUT2D eigenvalue weighted by atomic mass is 10.1. The van der Waals surface area contributed by atoms with Gasteiger partial charge < -0.3 is 24.4 Å². The van der Waals surface area contributed by atoms with Crippen LogP contribution in [0.25, 0.3) is 11.1 Å². The summed E-state index contributed by atoms with van der Waals surface area (Å²) in [5.41, 5.74) is 2.20. The van der Waals surface area contributed by atoms with Crippen LogP contribution in [-0.4, -0.2) is 55.5 Å². The van der Waals surface area contributed by atoms with Crippen molar-refractivity contribution >= 4 is 35.0 Å². The molecule has 3 aromatic rings. The average Bonchev–Trinajstić information content (AvgIpc) is 2.86. The Labute approximate surface area is 201 Å². The van der Waals surface area contributed by atoms with Crippen LogP contribution >= 0.6 is 11.6 Å². The number of benzene rings is 2. The van der Waals surface area contributed by atoms with E-state index < -0.39 is 11.8 Å². The van der Waals surface area contributed by atoms with E-state index in [0.29, 0.717) is 50.3 Å². The number of rotatable bonds is 8. The second-order valence-corrected chi connectivity index (χ2v) is 7.81. The minimum absolute atomic E-state index is 0.00894. The maximum absolute atomic E-state index is 13.5. The van der Waals surface area contributed by atoms with Gasteiger partial charge in [0.05, 0.1) is 24.8 Å². The number of carbonyl (C=O) groups is 1. The molecular formula is C24H24ClFN4O4. The molecule has 0 amide bonds. The van der Waals surface area contributed by atoms with Crippen molar-refractivity contribution in [2.45, 2.75) is 6.92 Å². The molecule has 178 valence electrons. The molecule has 1 fully saturated rings. The molecule has 34 heavy (non-hydrogen) atoms. The first-order valence-corrected chi connectivity index (χ1v) is 11.2. The number of esters is 1. The van der Waals surface area contributed by atoms with E-state index in [9.17, 15) is 9.18 Å². The smallest absolute Gasteiger partial charge is 0.344 e. The quantitative estimate of drug-likeness (QED) is 0.467. The van der Waals surface area contributed by atoms with Crippen molar-refractivity contribution in [2.24, 2.45) is 0 Å². The number of morpholine rings is 1. The van der Waals surface area contributed by atoms with Crippen LogP contribution in [0.4, 0.5) is 21.8 Å². The third kappa shape index (κ3) is 5.92. The zero-order valence-corrected chi connectivity index (χ0v) is 19.3. The standard InChI is InChI=1S/C24H24ClFN4O4/c1-2-33-22(31)15-34-18-5-3-4-16(12-18)19-14-27-24(28-17-6-7-21(26)20(25)13-17)29-23(19)30-8-10-32-11-9-30/h3-7,12-14H,2,8-11,15H2,1H3,(H,27,28,29). The summed E-state index contributed by atoms with van der Waals surface area (Å²) in [6, 6.07) is 11.7. The Kier molecular flexibility index (Phi) is 7.76. The maximum Gasteiger partial charge on any atom is 0.344 e. The predicted octanol–water partition coefficient (Wildman–Crippen LogP) is 4.46. The molecule has 1 saturated heterocycles. The number of halogens is 2. The maximum atomic E-state index is 13.5. The van der Waals surface area contributed by atoms with Gasteiger partial charge >= 0.3 is 5.97 Å². The van der Waals surface area contributed by atoms with Crippen LogP contribution in [0.2, 0.25) is 5.02 Å². The Hall–Kier alpha value is -3.43. The minimum Gasteiger partial charge on any atom is -0.482 e. The summed E-state index contributed by atoms with van der Waals surface area (Å²) in [5.74, 6) is 0.671. The van der Waals surface area contributed by atoms with Crippen molar-refractivity contribution in [3.05, 3.63) is 59.5 Å². The Bertz CT molecular complexity index is 1160. The zero-order chi connectivity index (χ0) is 23.9. The van der Waals surface area contributed by atoms with Crippen molar-refractivity contribution in [1.29, 1.82) is 0 Å². The molecule has 0 aliphatic carbocycles. The molecule has 0 unspecified atom stereocenters. The lowest BCUT2D eigenvalue weighted by Gasteiger charge is -2.29. The number of carbonyl (C=O) groups excluding carboxylic acids is 1. The van der Waals surface area contributed by atoms with Gasteiger partial charge in [-0.3, -0.25) is 0 Å². The topological polar surface area (TPSA) is 85.8 Å². The van der Waals surface area contributed by atoms with Crippen LogP contribution in [0.3, 0.4) is 0 Å². The summed E-state index contributed by atoms with van der Waals surface area (Å²) in [6.45, 7) is 4.38. The first kappa shape index (κ1) is 23.7. The first-order chi connectivity index (χ1) is 16.5. The largest absolute Gasteiger partial charge is 0.482 e. The Balaban J connectivity index is 1.63.